The Morgan fingerprint density at radius 3 is 2.78 bits per heavy atom. The molecule has 0 aliphatic rings. The Labute approximate surface area is 107 Å². The van der Waals surface area contributed by atoms with Crippen LogP contribution in [0.2, 0.25) is 0 Å². The number of ether oxygens (including phenoxy) is 2. The summed E-state index contributed by atoms with van der Waals surface area (Å²) in [6.07, 6.45) is 0.888. The number of hydrogen-bond donors (Lipinski definition) is 2. The number of anilines is 2. The molecule has 7 heteroatoms. The first kappa shape index (κ1) is 14.4. The van der Waals surface area contributed by atoms with Crippen LogP contribution < -0.4 is 15.8 Å². The molecule has 0 amide bonds. The molecule has 0 fully saturated rings. The van der Waals surface area contributed by atoms with E-state index in [4.69, 9.17) is 15.2 Å². The van der Waals surface area contributed by atoms with E-state index in [9.17, 15) is 0 Å². The fourth-order valence-corrected chi connectivity index (χ4v) is 1.32. The van der Waals surface area contributed by atoms with Gasteiger partial charge < -0.3 is 20.5 Å². The highest BCUT2D eigenvalue weighted by Crippen LogP contribution is 2.09. The zero-order valence-corrected chi connectivity index (χ0v) is 11.1. The van der Waals surface area contributed by atoms with E-state index in [1.165, 1.54) is 0 Å². The van der Waals surface area contributed by atoms with Gasteiger partial charge >= 0.3 is 6.01 Å². The molecule has 1 aromatic rings. The second kappa shape index (κ2) is 7.65. The van der Waals surface area contributed by atoms with Crippen molar-refractivity contribution >= 4 is 11.9 Å². The van der Waals surface area contributed by atoms with Crippen molar-refractivity contribution in [2.75, 3.05) is 37.9 Å². The average molecular weight is 255 g/mol. The second-order valence-electron chi connectivity index (χ2n) is 4.09. The molecule has 3 N–H and O–H groups in total. The van der Waals surface area contributed by atoms with Crippen LogP contribution in [0.4, 0.5) is 11.9 Å². The molecule has 0 aliphatic heterocycles. The molecule has 7 nitrogen and oxygen atoms in total. The molecule has 0 aliphatic carbocycles. The van der Waals surface area contributed by atoms with E-state index in [2.05, 4.69) is 27.2 Å². The molecule has 0 spiro atoms. The first-order valence-corrected chi connectivity index (χ1v) is 6.02. The minimum Gasteiger partial charge on any atom is -0.463 e. The van der Waals surface area contributed by atoms with Crippen LogP contribution in [0.1, 0.15) is 20.3 Å². The van der Waals surface area contributed by atoms with Gasteiger partial charge in [-0.3, -0.25) is 0 Å². The Morgan fingerprint density at radius 1 is 1.33 bits per heavy atom. The van der Waals surface area contributed by atoms with Crippen molar-refractivity contribution in [3.05, 3.63) is 0 Å². The normalized spacial score (nSPS) is 12.2. The van der Waals surface area contributed by atoms with E-state index in [0.29, 0.717) is 31.6 Å². The molecular formula is C11H21N5O2. The molecule has 0 saturated carbocycles. The molecule has 0 radical (unpaired) electrons. The minimum absolute atomic E-state index is 0.151. The number of rotatable bonds is 8. The number of nitrogens with two attached hydrogens (primary N) is 1. The number of nitrogens with zero attached hydrogens (tertiary/aromatic N) is 3. The summed E-state index contributed by atoms with van der Waals surface area (Å²) in [7, 11) is 1.67. The predicted octanol–water partition coefficient (Wildman–Crippen LogP) is 0.937. The maximum absolute atomic E-state index is 5.59. The molecule has 0 saturated heterocycles. The molecule has 102 valence electrons. The molecule has 0 bridgehead atoms. The lowest BCUT2D eigenvalue weighted by Crippen LogP contribution is -2.18. The molecule has 1 aromatic heterocycles. The van der Waals surface area contributed by atoms with Crippen molar-refractivity contribution in [2.24, 2.45) is 5.92 Å². The second-order valence-corrected chi connectivity index (χ2v) is 4.09. The van der Waals surface area contributed by atoms with Crippen LogP contribution in [0.25, 0.3) is 0 Å². The van der Waals surface area contributed by atoms with E-state index in [-0.39, 0.29) is 12.0 Å². The molecule has 1 rings (SSSR count). The van der Waals surface area contributed by atoms with Gasteiger partial charge in [0.05, 0.1) is 13.2 Å². The summed E-state index contributed by atoms with van der Waals surface area (Å²) in [5, 5.41) is 3.08. The van der Waals surface area contributed by atoms with Crippen LogP contribution in [-0.4, -0.2) is 41.8 Å². The first-order valence-electron chi connectivity index (χ1n) is 6.02. The standard InChI is InChI=1S/C11H21N5O2/c1-4-5-18-11-15-9(12)14-10(16-11)13-6-8(2)7-17-3/h8H,4-7H2,1-3H3,(H3,12,13,14,15,16). The zero-order chi connectivity index (χ0) is 13.4. The van der Waals surface area contributed by atoms with Crippen molar-refractivity contribution in [1.29, 1.82) is 0 Å². The summed E-state index contributed by atoms with van der Waals surface area (Å²) in [5.74, 6) is 0.933. The van der Waals surface area contributed by atoms with Crippen molar-refractivity contribution in [3.8, 4) is 6.01 Å². The van der Waals surface area contributed by atoms with Crippen molar-refractivity contribution in [1.82, 2.24) is 15.0 Å². The lowest BCUT2D eigenvalue weighted by molar-refractivity contribution is 0.164. The molecule has 1 unspecified atom stereocenters. The Kier molecular flexibility index (Phi) is 6.13. The fraction of sp³-hybridized carbons (Fsp3) is 0.727. The predicted molar refractivity (Wildman–Crippen MR) is 69.6 cm³/mol. The number of hydrogen-bond acceptors (Lipinski definition) is 7. The van der Waals surface area contributed by atoms with Gasteiger partial charge in [0.15, 0.2) is 0 Å². The van der Waals surface area contributed by atoms with Gasteiger partial charge in [-0.05, 0) is 12.3 Å². The van der Waals surface area contributed by atoms with Crippen LogP contribution in [0.15, 0.2) is 0 Å². The third kappa shape index (κ3) is 5.13. The van der Waals surface area contributed by atoms with Crippen LogP contribution in [0.5, 0.6) is 6.01 Å². The highest BCUT2D eigenvalue weighted by atomic mass is 16.5. The lowest BCUT2D eigenvalue weighted by Gasteiger charge is -2.12. The van der Waals surface area contributed by atoms with Crippen molar-refractivity contribution in [2.45, 2.75) is 20.3 Å². The van der Waals surface area contributed by atoms with Gasteiger partial charge in [0.25, 0.3) is 0 Å². The lowest BCUT2D eigenvalue weighted by atomic mass is 10.2. The number of methoxy groups -OCH3 is 1. The number of nitrogens with one attached hydrogen (secondary N) is 1. The minimum atomic E-state index is 0.151. The van der Waals surface area contributed by atoms with Crippen LogP contribution >= 0.6 is 0 Å². The monoisotopic (exact) mass is 255 g/mol. The molecule has 0 aromatic carbocycles. The summed E-state index contributed by atoms with van der Waals surface area (Å²) in [4.78, 5) is 12.0. The summed E-state index contributed by atoms with van der Waals surface area (Å²) < 4.78 is 10.4. The Balaban J connectivity index is 2.56. The van der Waals surface area contributed by atoms with E-state index >= 15 is 0 Å². The average Bonchev–Trinajstić information content (AvgIpc) is 2.34. The summed E-state index contributed by atoms with van der Waals surface area (Å²) in [6, 6.07) is 0.256. The largest absolute Gasteiger partial charge is 0.463 e. The van der Waals surface area contributed by atoms with Crippen LogP contribution in [0, 0.1) is 5.92 Å². The van der Waals surface area contributed by atoms with Gasteiger partial charge in [-0.25, -0.2) is 0 Å². The van der Waals surface area contributed by atoms with Crippen molar-refractivity contribution in [3.63, 3.8) is 0 Å². The summed E-state index contributed by atoms with van der Waals surface area (Å²) in [6.45, 7) is 6.01. The van der Waals surface area contributed by atoms with Crippen LogP contribution in [0.3, 0.4) is 0 Å². The summed E-state index contributed by atoms with van der Waals surface area (Å²) in [5.41, 5.74) is 5.59. The SMILES string of the molecule is CCCOc1nc(N)nc(NCC(C)COC)n1. The Hall–Kier alpha value is -1.63. The van der Waals surface area contributed by atoms with Gasteiger partial charge in [-0.1, -0.05) is 13.8 Å². The van der Waals surface area contributed by atoms with E-state index in [1.54, 1.807) is 7.11 Å². The number of nitrogen functional groups attached to an aromatic ring is 1. The maximum atomic E-state index is 5.59. The van der Waals surface area contributed by atoms with E-state index < -0.39 is 0 Å². The van der Waals surface area contributed by atoms with Gasteiger partial charge in [0, 0.05) is 13.7 Å². The fourth-order valence-electron chi connectivity index (χ4n) is 1.32. The molecule has 1 heterocycles. The van der Waals surface area contributed by atoms with Gasteiger partial charge in [0.1, 0.15) is 0 Å². The third-order valence-corrected chi connectivity index (χ3v) is 2.13. The highest BCUT2D eigenvalue weighted by molar-refractivity contribution is 5.32. The topological polar surface area (TPSA) is 95.2 Å². The number of aromatic nitrogens is 3. The maximum Gasteiger partial charge on any atom is 0.323 e. The Morgan fingerprint density at radius 2 is 2.11 bits per heavy atom. The summed E-state index contributed by atoms with van der Waals surface area (Å²) >= 11 is 0. The van der Waals surface area contributed by atoms with Gasteiger partial charge in [-0.15, -0.1) is 0 Å². The van der Waals surface area contributed by atoms with Gasteiger partial charge in [-0.2, -0.15) is 15.0 Å². The first-order chi connectivity index (χ1) is 8.65. The molecular weight excluding hydrogens is 234 g/mol. The van der Waals surface area contributed by atoms with Crippen LogP contribution in [-0.2, 0) is 4.74 Å². The van der Waals surface area contributed by atoms with Gasteiger partial charge in [0.2, 0.25) is 11.9 Å². The third-order valence-electron chi connectivity index (χ3n) is 2.13. The molecule has 18 heavy (non-hydrogen) atoms. The highest BCUT2D eigenvalue weighted by Gasteiger charge is 2.07. The van der Waals surface area contributed by atoms with E-state index in [1.807, 2.05) is 6.92 Å². The molecule has 1 atom stereocenters. The smallest absolute Gasteiger partial charge is 0.323 e. The quantitative estimate of drug-likeness (QED) is 0.713. The Bertz CT molecular complexity index is 361. The zero-order valence-electron chi connectivity index (χ0n) is 11.1. The van der Waals surface area contributed by atoms with E-state index in [0.717, 1.165) is 6.42 Å². The van der Waals surface area contributed by atoms with Crippen molar-refractivity contribution < 1.29 is 9.47 Å².